The van der Waals surface area contributed by atoms with Crippen LogP contribution < -0.4 is 20.1 Å². The number of benzene rings is 2. The average molecular weight is 382 g/mol. The molecule has 1 saturated carbocycles. The molecule has 4 rings (SSSR count). The SMILES string of the molecule is O=C(Nc1ccc2c(c1)OC1(CCCCC1)O2)NC(CO)Cc1ccccc1. The van der Waals surface area contributed by atoms with E-state index in [9.17, 15) is 9.90 Å². The van der Waals surface area contributed by atoms with E-state index in [2.05, 4.69) is 10.6 Å². The van der Waals surface area contributed by atoms with Crippen LogP contribution in [0, 0.1) is 0 Å². The van der Waals surface area contributed by atoms with Crippen molar-refractivity contribution in [1.82, 2.24) is 5.32 Å². The second-order valence-electron chi connectivity index (χ2n) is 7.50. The lowest BCUT2D eigenvalue weighted by Crippen LogP contribution is -2.41. The van der Waals surface area contributed by atoms with E-state index in [1.54, 1.807) is 12.1 Å². The predicted molar refractivity (Wildman–Crippen MR) is 107 cm³/mol. The van der Waals surface area contributed by atoms with Gasteiger partial charge in [0.1, 0.15) is 0 Å². The number of aliphatic hydroxyl groups excluding tert-OH is 1. The van der Waals surface area contributed by atoms with Gasteiger partial charge in [0.2, 0.25) is 0 Å². The van der Waals surface area contributed by atoms with Crippen molar-refractivity contribution in [3.63, 3.8) is 0 Å². The summed E-state index contributed by atoms with van der Waals surface area (Å²) in [5.74, 6) is 0.868. The largest absolute Gasteiger partial charge is 0.448 e. The zero-order chi connectivity index (χ0) is 19.4. The smallest absolute Gasteiger partial charge is 0.319 e. The first-order valence-electron chi connectivity index (χ1n) is 9.90. The Morgan fingerprint density at radius 1 is 1.04 bits per heavy atom. The Kier molecular flexibility index (Phi) is 5.39. The van der Waals surface area contributed by atoms with Crippen LogP contribution in [0.15, 0.2) is 48.5 Å². The molecule has 0 saturated heterocycles. The fourth-order valence-corrected chi connectivity index (χ4v) is 3.88. The number of aliphatic hydroxyl groups is 1. The maximum absolute atomic E-state index is 12.4. The summed E-state index contributed by atoms with van der Waals surface area (Å²) in [6.07, 6.45) is 5.77. The first-order chi connectivity index (χ1) is 13.7. The van der Waals surface area contributed by atoms with E-state index in [0.717, 1.165) is 37.0 Å². The van der Waals surface area contributed by atoms with Crippen LogP contribution in [0.1, 0.15) is 37.7 Å². The Labute approximate surface area is 164 Å². The molecule has 6 heteroatoms. The molecule has 0 radical (unpaired) electrons. The van der Waals surface area contributed by atoms with Gasteiger partial charge in [0.05, 0.1) is 12.6 Å². The average Bonchev–Trinajstić information content (AvgIpc) is 3.05. The minimum atomic E-state index is -0.529. The number of ether oxygens (including phenoxy) is 2. The molecule has 1 fully saturated rings. The molecule has 2 aromatic carbocycles. The summed E-state index contributed by atoms with van der Waals surface area (Å²) in [7, 11) is 0. The molecule has 2 aromatic rings. The molecule has 1 atom stereocenters. The fourth-order valence-electron chi connectivity index (χ4n) is 3.88. The molecule has 148 valence electrons. The Hall–Kier alpha value is -2.73. The molecular formula is C22H26N2O4. The molecule has 1 unspecified atom stereocenters. The Morgan fingerprint density at radius 2 is 1.79 bits per heavy atom. The number of fused-ring (bicyclic) bond motifs is 1. The molecule has 28 heavy (non-hydrogen) atoms. The van der Waals surface area contributed by atoms with Crippen LogP contribution in [0.5, 0.6) is 11.5 Å². The van der Waals surface area contributed by atoms with E-state index >= 15 is 0 Å². The van der Waals surface area contributed by atoms with E-state index in [0.29, 0.717) is 17.9 Å². The maximum atomic E-state index is 12.4. The lowest BCUT2D eigenvalue weighted by Gasteiger charge is -2.31. The van der Waals surface area contributed by atoms with Gasteiger partial charge in [-0.25, -0.2) is 4.79 Å². The van der Waals surface area contributed by atoms with Crippen molar-refractivity contribution < 1.29 is 19.4 Å². The second kappa shape index (κ2) is 8.10. The summed E-state index contributed by atoms with van der Waals surface area (Å²) in [5.41, 5.74) is 1.69. The third kappa shape index (κ3) is 4.22. The highest BCUT2D eigenvalue weighted by molar-refractivity contribution is 5.90. The zero-order valence-corrected chi connectivity index (χ0v) is 15.8. The standard InChI is InChI=1S/C22H26N2O4/c25-15-18(13-16-7-3-1-4-8-16)24-21(26)23-17-9-10-19-20(14-17)28-22(27-19)11-5-2-6-12-22/h1,3-4,7-10,14,18,25H,2,5-6,11-13,15H2,(H2,23,24,26). The summed E-state index contributed by atoms with van der Waals surface area (Å²) in [6, 6.07) is 14.5. The minimum Gasteiger partial charge on any atom is -0.448 e. The van der Waals surface area contributed by atoms with Crippen molar-refractivity contribution in [1.29, 1.82) is 0 Å². The van der Waals surface area contributed by atoms with Gasteiger partial charge in [-0.15, -0.1) is 0 Å². The van der Waals surface area contributed by atoms with Gasteiger partial charge in [-0.1, -0.05) is 36.8 Å². The highest BCUT2D eigenvalue weighted by Gasteiger charge is 2.42. The van der Waals surface area contributed by atoms with Crippen LogP contribution in [0.3, 0.4) is 0 Å². The number of carbonyl (C=O) groups is 1. The lowest BCUT2D eigenvalue weighted by molar-refractivity contribution is -0.105. The number of carbonyl (C=O) groups excluding carboxylic acids is 1. The molecule has 1 heterocycles. The van der Waals surface area contributed by atoms with Crippen molar-refractivity contribution in [2.24, 2.45) is 0 Å². The minimum absolute atomic E-state index is 0.133. The van der Waals surface area contributed by atoms with Crippen molar-refractivity contribution >= 4 is 11.7 Å². The van der Waals surface area contributed by atoms with E-state index < -0.39 is 5.79 Å². The van der Waals surface area contributed by atoms with Crippen molar-refractivity contribution in [3.05, 3.63) is 54.1 Å². The van der Waals surface area contributed by atoms with Crippen LogP contribution in [-0.4, -0.2) is 29.6 Å². The second-order valence-corrected chi connectivity index (χ2v) is 7.50. The number of nitrogens with one attached hydrogen (secondary N) is 2. The van der Waals surface area contributed by atoms with Crippen molar-refractivity contribution in [3.8, 4) is 11.5 Å². The molecular weight excluding hydrogens is 356 g/mol. The predicted octanol–water partition coefficient (Wildman–Crippen LogP) is 3.84. The fraction of sp³-hybridized carbons (Fsp3) is 0.409. The number of hydrogen-bond donors (Lipinski definition) is 3. The van der Waals surface area contributed by atoms with E-state index in [-0.39, 0.29) is 18.7 Å². The Bertz CT molecular complexity index is 819. The van der Waals surface area contributed by atoms with Gasteiger partial charge in [-0.05, 0) is 37.0 Å². The van der Waals surface area contributed by atoms with E-state index in [4.69, 9.17) is 9.47 Å². The number of rotatable bonds is 5. The molecule has 1 spiro atoms. The van der Waals surface area contributed by atoms with Gasteiger partial charge in [0.25, 0.3) is 5.79 Å². The van der Waals surface area contributed by atoms with Crippen molar-refractivity contribution in [2.75, 3.05) is 11.9 Å². The Balaban J connectivity index is 1.36. The van der Waals surface area contributed by atoms with Crippen molar-refractivity contribution in [2.45, 2.75) is 50.4 Å². The maximum Gasteiger partial charge on any atom is 0.319 e. The summed E-state index contributed by atoms with van der Waals surface area (Å²) >= 11 is 0. The normalized spacial score (nSPS) is 17.9. The van der Waals surface area contributed by atoms with Gasteiger partial charge in [0.15, 0.2) is 11.5 Å². The zero-order valence-electron chi connectivity index (χ0n) is 15.8. The quantitative estimate of drug-likeness (QED) is 0.734. The molecule has 0 aromatic heterocycles. The van der Waals surface area contributed by atoms with Crippen LogP contribution in [0.4, 0.5) is 10.5 Å². The van der Waals surface area contributed by atoms with Gasteiger partial charge >= 0.3 is 6.03 Å². The number of amides is 2. The highest BCUT2D eigenvalue weighted by atomic mass is 16.7. The van der Waals surface area contributed by atoms with Crippen LogP contribution in [0.2, 0.25) is 0 Å². The molecule has 2 aliphatic rings. The molecule has 2 amide bonds. The third-order valence-electron chi connectivity index (χ3n) is 5.29. The summed E-state index contributed by atoms with van der Waals surface area (Å²) in [6.45, 7) is -0.133. The molecule has 1 aliphatic heterocycles. The van der Waals surface area contributed by atoms with Gasteiger partial charge in [-0.3, -0.25) is 0 Å². The molecule has 0 bridgehead atoms. The lowest BCUT2D eigenvalue weighted by atomic mass is 9.94. The summed E-state index contributed by atoms with van der Waals surface area (Å²) in [5, 5.41) is 15.2. The molecule has 1 aliphatic carbocycles. The number of anilines is 1. The summed E-state index contributed by atoms with van der Waals surface area (Å²) in [4.78, 5) is 12.4. The molecule has 6 nitrogen and oxygen atoms in total. The highest BCUT2D eigenvalue weighted by Crippen LogP contribution is 2.46. The first kappa shape index (κ1) is 18.6. The monoisotopic (exact) mass is 382 g/mol. The third-order valence-corrected chi connectivity index (χ3v) is 5.29. The van der Waals surface area contributed by atoms with E-state index in [1.165, 1.54) is 6.42 Å². The number of hydrogen-bond acceptors (Lipinski definition) is 4. The first-order valence-corrected chi connectivity index (χ1v) is 9.90. The van der Waals surface area contributed by atoms with E-state index in [1.807, 2.05) is 36.4 Å². The van der Waals surface area contributed by atoms with Gasteiger partial charge in [0, 0.05) is 24.6 Å². The van der Waals surface area contributed by atoms with Gasteiger partial charge in [-0.2, -0.15) is 0 Å². The van der Waals surface area contributed by atoms with Crippen LogP contribution in [0.25, 0.3) is 0 Å². The number of urea groups is 1. The van der Waals surface area contributed by atoms with Gasteiger partial charge < -0.3 is 25.2 Å². The van der Waals surface area contributed by atoms with Crippen LogP contribution >= 0.6 is 0 Å². The molecule has 3 N–H and O–H groups in total. The van der Waals surface area contributed by atoms with Crippen LogP contribution in [-0.2, 0) is 6.42 Å². The topological polar surface area (TPSA) is 79.8 Å². The summed E-state index contributed by atoms with van der Waals surface area (Å²) < 4.78 is 12.2. The Morgan fingerprint density at radius 3 is 2.54 bits per heavy atom.